The molecule has 3 rings (SSSR count). The SMILES string of the molecule is COc1ccc(Nc2cc(C)nc(N(Cc3ccccc3)C(C)C)n2)cc1. The van der Waals surface area contributed by atoms with Crippen LogP contribution in [-0.2, 0) is 6.54 Å². The van der Waals surface area contributed by atoms with E-state index in [0.717, 1.165) is 35.4 Å². The van der Waals surface area contributed by atoms with Crippen LogP contribution in [0.1, 0.15) is 25.1 Å². The summed E-state index contributed by atoms with van der Waals surface area (Å²) in [4.78, 5) is 11.6. The Balaban J connectivity index is 1.85. The lowest BCUT2D eigenvalue weighted by Gasteiger charge is -2.27. The fourth-order valence-electron chi connectivity index (χ4n) is 2.83. The third-order valence-corrected chi connectivity index (χ3v) is 4.28. The van der Waals surface area contributed by atoms with E-state index >= 15 is 0 Å². The Labute approximate surface area is 161 Å². The number of benzene rings is 2. The Morgan fingerprint density at radius 2 is 1.70 bits per heavy atom. The number of rotatable bonds is 7. The molecule has 0 atom stereocenters. The van der Waals surface area contributed by atoms with E-state index in [4.69, 9.17) is 9.72 Å². The summed E-state index contributed by atoms with van der Waals surface area (Å²) in [6, 6.07) is 20.4. The average Bonchev–Trinajstić information content (AvgIpc) is 2.67. The molecular weight excluding hydrogens is 336 g/mol. The van der Waals surface area contributed by atoms with Crippen LogP contribution in [0.5, 0.6) is 5.75 Å². The smallest absolute Gasteiger partial charge is 0.228 e. The first-order valence-electron chi connectivity index (χ1n) is 9.12. The normalized spacial score (nSPS) is 10.7. The summed E-state index contributed by atoms with van der Waals surface area (Å²) in [6.45, 7) is 7.08. The van der Waals surface area contributed by atoms with Gasteiger partial charge in [0.2, 0.25) is 5.95 Å². The maximum absolute atomic E-state index is 5.21. The van der Waals surface area contributed by atoms with Gasteiger partial charge in [-0.05, 0) is 50.6 Å². The second kappa shape index (κ2) is 8.54. The standard InChI is InChI=1S/C22H26N4O/c1-16(2)26(15-18-8-6-5-7-9-18)22-23-17(3)14-21(25-22)24-19-10-12-20(27-4)13-11-19/h5-14,16H,15H2,1-4H3,(H,23,24,25). The number of anilines is 3. The highest BCUT2D eigenvalue weighted by Gasteiger charge is 2.15. The summed E-state index contributed by atoms with van der Waals surface area (Å²) in [5.74, 6) is 2.33. The molecule has 2 aromatic carbocycles. The van der Waals surface area contributed by atoms with Crippen molar-refractivity contribution >= 4 is 17.5 Å². The van der Waals surface area contributed by atoms with Crippen LogP contribution in [0.2, 0.25) is 0 Å². The number of methoxy groups -OCH3 is 1. The molecule has 0 saturated carbocycles. The van der Waals surface area contributed by atoms with Gasteiger partial charge in [0, 0.05) is 30.0 Å². The minimum atomic E-state index is 0.279. The number of hydrogen-bond acceptors (Lipinski definition) is 5. The van der Waals surface area contributed by atoms with Gasteiger partial charge in [-0.15, -0.1) is 0 Å². The highest BCUT2D eigenvalue weighted by Crippen LogP contribution is 2.22. The molecule has 1 N–H and O–H groups in total. The van der Waals surface area contributed by atoms with E-state index in [2.05, 4.69) is 53.3 Å². The van der Waals surface area contributed by atoms with Gasteiger partial charge in [-0.2, -0.15) is 4.98 Å². The van der Waals surface area contributed by atoms with E-state index in [1.165, 1.54) is 5.56 Å². The lowest BCUT2D eigenvalue weighted by molar-refractivity contribution is 0.415. The van der Waals surface area contributed by atoms with Crippen molar-refractivity contribution in [2.75, 3.05) is 17.3 Å². The Hall–Kier alpha value is -3.08. The van der Waals surface area contributed by atoms with Gasteiger partial charge in [0.15, 0.2) is 0 Å². The van der Waals surface area contributed by atoms with Crippen molar-refractivity contribution in [3.05, 3.63) is 71.9 Å². The third kappa shape index (κ3) is 4.97. The van der Waals surface area contributed by atoms with Crippen molar-refractivity contribution in [2.24, 2.45) is 0 Å². The summed E-state index contributed by atoms with van der Waals surface area (Å²) < 4.78 is 5.21. The predicted octanol–water partition coefficient (Wildman–Crippen LogP) is 4.95. The van der Waals surface area contributed by atoms with Crippen LogP contribution in [0, 0.1) is 6.92 Å². The monoisotopic (exact) mass is 362 g/mol. The minimum absolute atomic E-state index is 0.279. The summed E-state index contributed by atoms with van der Waals surface area (Å²) >= 11 is 0. The van der Waals surface area contributed by atoms with Gasteiger partial charge < -0.3 is 15.0 Å². The van der Waals surface area contributed by atoms with Crippen molar-refractivity contribution in [1.29, 1.82) is 0 Å². The van der Waals surface area contributed by atoms with E-state index in [0.29, 0.717) is 0 Å². The van der Waals surface area contributed by atoms with Crippen molar-refractivity contribution in [1.82, 2.24) is 9.97 Å². The molecule has 3 aromatic rings. The van der Waals surface area contributed by atoms with Gasteiger partial charge in [0.25, 0.3) is 0 Å². The molecule has 0 aliphatic rings. The molecular formula is C22H26N4O. The molecule has 140 valence electrons. The van der Waals surface area contributed by atoms with Crippen molar-refractivity contribution in [2.45, 2.75) is 33.4 Å². The van der Waals surface area contributed by atoms with Gasteiger partial charge in [-0.3, -0.25) is 0 Å². The van der Waals surface area contributed by atoms with Crippen LogP contribution in [-0.4, -0.2) is 23.1 Å². The fourth-order valence-corrected chi connectivity index (χ4v) is 2.83. The second-order valence-corrected chi connectivity index (χ2v) is 6.76. The van der Waals surface area contributed by atoms with Crippen LogP contribution < -0.4 is 15.0 Å². The van der Waals surface area contributed by atoms with Crippen molar-refractivity contribution in [3.8, 4) is 5.75 Å². The quantitative estimate of drug-likeness (QED) is 0.644. The minimum Gasteiger partial charge on any atom is -0.497 e. The van der Waals surface area contributed by atoms with Gasteiger partial charge >= 0.3 is 0 Å². The molecule has 0 saturated heterocycles. The summed E-state index contributed by atoms with van der Waals surface area (Å²) in [6.07, 6.45) is 0. The maximum atomic E-state index is 5.21. The van der Waals surface area contributed by atoms with E-state index in [1.54, 1.807) is 7.11 Å². The van der Waals surface area contributed by atoms with Crippen LogP contribution in [0.3, 0.4) is 0 Å². The summed E-state index contributed by atoms with van der Waals surface area (Å²) in [5, 5.41) is 3.36. The molecule has 0 aliphatic carbocycles. The van der Waals surface area contributed by atoms with E-state index in [1.807, 2.05) is 43.3 Å². The van der Waals surface area contributed by atoms with Gasteiger partial charge in [0.05, 0.1) is 7.11 Å². The third-order valence-electron chi connectivity index (χ3n) is 4.28. The number of hydrogen-bond donors (Lipinski definition) is 1. The number of nitrogens with zero attached hydrogens (tertiary/aromatic N) is 3. The second-order valence-electron chi connectivity index (χ2n) is 6.76. The van der Waals surface area contributed by atoms with E-state index in [-0.39, 0.29) is 6.04 Å². The zero-order valence-electron chi connectivity index (χ0n) is 16.3. The molecule has 1 heterocycles. The molecule has 27 heavy (non-hydrogen) atoms. The molecule has 0 fully saturated rings. The van der Waals surface area contributed by atoms with E-state index in [9.17, 15) is 0 Å². The number of aryl methyl sites for hydroxylation is 1. The first kappa shape index (κ1) is 18.7. The van der Waals surface area contributed by atoms with Gasteiger partial charge in [-0.1, -0.05) is 30.3 Å². The largest absolute Gasteiger partial charge is 0.497 e. The van der Waals surface area contributed by atoms with Gasteiger partial charge in [-0.25, -0.2) is 4.98 Å². The highest BCUT2D eigenvalue weighted by atomic mass is 16.5. The fraction of sp³-hybridized carbons (Fsp3) is 0.273. The van der Waals surface area contributed by atoms with Crippen LogP contribution in [0.4, 0.5) is 17.5 Å². The molecule has 0 amide bonds. The molecule has 0 unspecified atom stereocenters. The summed E-state index contributed by atoms with van der Waals surface area (Å²) in [7, 11) is 1.66. The zero-order chi connectivity index (χ0) is 19.2. The molecule has 1 aromatic heterocycles. The number of nitrogens with one attached hydrogen (secondary N) is 1. The Kier molecular flexibility index (Phi) is 5.91. The van der Waals surface area contributed by atoms with E-state index < -0.39 is 0 Å². The topological polar surface area (TPSA) is 50.3 Å². The lowest BCUT2D eigenvalue weighted by atomic mass is 10.2. The number of ether oxygens (including phenoxy) is 1. The van der Waals surface area contributed by atoms with Crippen LogP contribution in [0.15, 0.2) is 60.7 Å². The average molecular weight is 362 g/mol. The van der Waals surface area contributed by atoms with Crippen LogP contribution >= 0.6 is 0 Å². The zero-order valence-corrected chi connectivity index (χ0v) is 16.3. The Morgan fingerprint density at radius 1 is 1.00 bits per heavy atom. The molecule has 0 aliphatic heterocycles. The molecule has 0 spiro atoms. The summed E-state index contributed by atoms with van der Waals surface area (Å²) in [5.41, 5.74) is 3.12. The maximum Gasteiger partial charge on any atom is 0.228 e. The Bertz CT molecular complexity index is 863. The number of aromatic nitrogens is 2. The van der Waals surface area contributed by atoms with Crippen molar-refractivity contribution in [3.63, 3.8) is 0 Å². The van der Waals surface area contributed by atoms with Crippen LogP contribution in [0.25, 0.3) is 0 Å². The molecule has 0 bridgehead atoms. The van der Waals surface area contributed by atoms with Crippen molar-refractivity contribution < 1.29 is 4.74 Å². The first-order valence-corrected chi connectivity index (χ1v) is 9.12. The van der Waals surface area contributed by atoms with Gasteiger partial charge in [0.1, 0.15) is 11.6 Å². The first-order chi connectivity index (χ1) is 13.0. The lowest BCUT2D eigenvalue weighted by Crippen LogP contribution is -2.32. The molecule has 5 nitrogen and oxygen atoms in total. The Morgan fingerprint density at radius 3 is 2.33 bits per heavy atom. The molecule has 5 heteroatoms. The highest BCUT2D eigenvalue weighted by molar-refractivity contribution is 5.58. The predicted molar refractivity (Wildman–Crippen MR) is 111 cm³/mol. The molecule has 0 radical (unpaired) electrons.